The number of rotatable bonds is 4. The van der Waals surface area contributed by atoms with Crippen molar-refractivity contribution >= 4 is 5.97 Å². The van der Waals surface area contributed by atoms with Crippen LogP contribution < -0.4 is 9.47 Å². The average Bonchev–Trinajstić information content (AvgIpc) is 2.71. The van der Waals surface area contributed by atoms with Crippen molar-refractivity contribution in [3.05, 3.63) is 23.8 Å². The van der Waals surface area contributed by atoms with Crippen LogP contribution in [0.2, 0.25) is 0 Å². The maximum absolute atomic E-state index is 11.6. The van der Waals surface area contributed by atoms with E-state index in [-0.39, 0.29) is 11.6 Å². The number of carbonyl (C=O) groups is 1. The summed E-state index contributed by atoms with van der Waals surface area (Å²) in [4.78, 5) is 11.6. The van der Waals surface area contributed by atoms with Gasteiger partial charge in [-0.05, 0) is 39.2 Å². The number of benzene rings is 1. The van der Waals surface area contributed by atoms with Gasteiger partial charge in [-0.1, -0.05) is 12.1 Å². The zero-order valence-electron chi connectivity index (χ0n) is 12.9. The predicted molar refractivity (Wildman–Crippen MR) is 78.7 cm³/mol. The summed E-state index contributed by atoms with van der Waals surface area (Å²) in [6.45, 7) is 4.15. The topological polar surface area (TPSA) is 44.8 Å². The van der Waals surface area contributed by atoms with E-state index in [1.807, 2.05) is 12.1 Å². The van der Waals surface area contributed by atoms with Crippen molar-refractivity contribution in [3.63, 3.8) is 0 Å². The van der Waals surface area contributed by atoms with Crippen molar-refractivity contribution in [3.8, 4) is 11.5 Å². The minimum atomic E-state index is -0.418. The largest absolute Gasteiger partial charge is 0.483 e. The number of para-hydroxylation sites is 1. The molecule has 0 aromatic heterocycles. The molecule has 2 aliphatic rings. The van der Waals surface area contributed by atoms with Crippen molar-refractivity contribution in [1.82, 2.24) is 0 Å². The van der Waals surface area contributed by atoms with Crippen LogP contribution in [0.1, 0.15) is 45.1 Å². The molecule has 0 amide bonds. The minimum Gasteiger partial charge on any atom is -0.483 e. The summed E-state index contributed by atoms with van der Waals surface area (Å²) in [5.41, 5.74) is 0.555. The molecule has 0 spiro atoms. The highest BCUT2D eigenvalue weighted by Crippen LogP contribution is 2.46. The molecule has 0 saturated heterocycles. The van der Waals surface area contributed by atoms with Crippen molar-refractivity contribution in [2.75, 3.05) is 7.11 Å². The molecule has 114 valence electrons. The van der Waals surface area contributed by atoms with Gasteiger partial charge >= 0.3 is 5.97 Å². The second-order valence-corrected chi connectivity index (χ2v) is 6.67. The summed E-state index contributed by atoms with van der Waals surface area (Å²) in [7, 11) is 1.42. The first-order valence-electron chi connectivity index (χ1n) is 7.50. The molecule has 4 heteroatoms. The van der Waals surface area contributed by atoms with E-state index in [0.717, 1.165) is 37.2 Å². The summed E-state index contributed by atoms with van der Waals surface area (Å²) >= 11 is 0. The molecule has 0 radical (unpaired) electrons. The monoisotopic (exact) mass is 290 g/mol. The molecule has 1 aromatic rings. The second kappa shape index (κ2) is 4.93. The zero-order chi connectivity index (χ0) is 15.1. The van der Waals surface area contributed by atoms with Crippen LogP contribution in [0.4, 0.5) is 0 Å². The van der Waals surface area contributed by atoms with Gasteiger partial charge < -0.3 is 14.2 Å². The quantitative estimate of drug-likeness (QED) is 0.798. The van der Waals surface area contributed by atoms with Crippen LogP contribution in [0, 0.1) is 0 Å². The van der Waals surface area contributed by atoms with Crippen LogP contribution in [0.5, 0.6) is 11.5 Å². The number of fused-ring (bicyclic) bond motifs is 1. The molecule has 21 heavy (non-hydrogen) atoms. The van der Waals surface area contributed by atoms with E-state index in [1.54, 1.807) is 0 Å². The second-order valence-electron chi connectivity index (χ2n) is 6.67. The number of ether oxygens (including phenoxy) is 3. The number of methoxy groups -OCH3 is 1. The molecule has 1 heterocycles. The van der Waals surface area contributed by atoms with E-state index in [9.17, 15) is 4.79 Å². The van der Waals surface area contributed by atoms with Gasteiger partial charge in [0, 0.05) is 12.0 Å². The molecule has 1 aromatic carbocycles. The van der Waals surface area contributed by atoms with E-state index in [0.29, 0.717) is 6.42 Å². The molecule has 4 nitrogen and oxygen atoms in total. The number of hydrogen-bond acceptors (Lipinski definition) is 4. The highest BCUT2D eigenvalue weighted by Gasteiger charge is 2.43. The molecule has 1 saturated carbocycles. The van der Waals surface area contributed by atoms with E-state index < -0.39 is 5.60 Å². The molecule has 0 bridgehead atoms. The Morgan fingerprint density at radius 3 is 2.71 bits per heavy atom. The lowest BCUT2D eigenvalue weighted by molar-refractivity contribution is -0.148. The van der Waals surface area contributed by atoms with Gasteiger partial charge in [0.1, 0.15) is 11.2 Å². The maximum Gasteiger partial charge on any atom is 0.309 e. The lowest BCUT2D eigenvalue weighted by Crippen LogP contribution is -2.45. The van der Waals surface area contributed by atoms with Gasteiger partial charge in [-0.2, -0.15) is 0 Å². The fourth-order valence-corrected chi connectivity index (χ4v) is 3.12. The minimum absolute atomic E-state index is 0.197. The van der Waals surface area contributed by atoms with E-state index in [2.05, 4.69) is 19.9 Å². The molecule has 1 aliphatic carbocycles. The normalized spacial score (nSPS) is 20.9. The first-order chi connectivity index (χ1) is 9.93. The van der Waals surface area contributed by atoms with E-state index in [1.165, 1.54) is 12.7 Å². The lowest BCUT2D eigenvalue weighted by atomic mass is 9.77. The Morgan fingerprint density at radius 2 is 2.10 bits per heavy atom. The Balaban J connectivity index is 1.83. The Labute approximate surface area is 125 Å². The Morgan fingerprint density at radius 1 is 1.33 bits per heavy atom. The van der Waals surface area contributed by atoms with Crippen LogP contribution in [0.15, 0.2) is 18.2 Å². The van der Waals surface area contributed by atoms with Gasteiger partial charge in [0.25, 0.3) is 0 Å². The maximum atomic E-state index is 11.6. The van der Waals surface area contributed by atoms with Crippen molar-refractivity contribution < 1.29 is 19.0 Å². The van der Waals surface area contributed by atoms with Crippen LogP contribution in [-0.2, 0) is 16.0 Å². The molecule has 1 aliphatic heterocycles. The fraction of sp³-hybridized carbons (Fsp3) is 0.588. The molecule has 0 atom stereocenters. The Kier molecular flexibility index (Phi) is 3.34. The first-order valence-corrected chi connectivity index (χ1v) is 7.50. The number of carbonyl (C=O) groups excluding carboxylic acids is 1. The van der Waals surface area contributed by atoms with Crippen molar-refractivity contribution in [2.45, 2.75) is 57.2 Å². The highest BCUT2D eigenvalue weighted by molar-refractivity contribution is 5.71. The Hall–Kier alpha value is -1.71. The summed E-state index contributed by atoms with van der Waals surface area (Å²) in [5.74, 6) is 1.36. The third-order valence-electron chi connectivity index (χ3n) is 4.34. The van der Waals surface area contributed by atoms with Gasteiger partial charge in [0.15, 0.2) is 11.5 Å². The molecule has 1 fully saturated rings. The summed E-state index contributed by atoms with van der Waals surface area (Å²) < 4.78 is 17.0. The zero-order valence-corrected chi connectivity index (χ0v) is 12.9. The molecule has 0 unspecified atom stereocenters. The summed E-state index contributed by atoms with van der Waals surface area (Å²) in [6, 6.07) is 5.99. The van der Waals surface area contributed by atoms with Gasteiger partial charge in [-0.25, -0.2) is 0 Å². The lowest BCUT2D eigenvalue weighted by Gasteiger charge is -2.41. The van der Waals surface area contributed by atoms with Gasteiger partial charge in [0.05, 0.1) is 13.5 Å². The molecule has 0 N–H and O–H groups in total. The summed E-state index contributed by atoms with van der Waals surface area (Å²) in [5, 5.41) is 0. The van der Waals surface area contributed by atoms with Gasteiger partial charge in [0.2, 0.25) is 0 Å². The number of esters is 1. The van der Waals surface area contributed by atoms with Gasteiger partial charge in [-0.15, -0.1) is 0 Å². The molecular weight excluding hydrogens is 268 g/mol. The van der Waals surface area contributed by atoms with Crippen LogP contribution in [0.25, 0.3) is 0 Å². The van der Waals surface area contributed by atoms with E-state index in [4.69, 9.17) is 14.2 Å². The van der Waals surface area contributed by atoms with E-state index >= 15 is 0 Å². The van der Waals surface area contributed by atoms with Crippen molar-refractivity contribution in [2.24, 2.45) is 0 Å². The fourth-order valence-electron chi connectivity index (χ4n) is 3.12. The SMILES string of the molecule is COC(=O)CC1(Oc2cccc3c2OC(C)(C)C3)CCC1. The first kappa shape index (κ1) is 14.2. The van der Waals surface area contributed by atoms with Crippen molar-refractivity contribution in [1.29, 1.82) is 0 Å². The summed E-state index contributed by atoms with van der Waals surface area (Å²) in [6.07, 6.45) is 4.03. The van der Waals surface area contributed by atoms with Crippen LogP contribution in [0.3, 0.4) is 0 Å². The van der Waals surface area contributed by atoms with Crippen LogP contribution >= 0.6 is 0 Å². The smallest absolute Gasteiger partial charge is 0.309 e. The average molecular weight is 290 g/mol. The highest BCUT2D eigenvalue weighted by atomic mass is 16.6. The standard InChI is InChI=1S/C17H22O4/c1-16(2)10-12-6-4-7-13(15(12)21-16)20-17(8-5-9-17)11-14(18)19-3/h4,6-7H,5,8-11H2,1-3H3. The third kappa shape index (κ3) is 2.71. The third-order valence-corrected chi connectivity index (χ3v) is 4.34. The number of hydrogen-bond donors (Lipinski definition) is 0. The molecule has 3 rings (SSSR count). The van der Waals surface area contributed by atoms with Gasteiger partial charge in [-0.3, -0.25) is 4.79 Å². The van der Waals surface area contributed by atoms with Crippen LogP contribution in [-0.4, -0.2) is 24.3 Å². The Bertz CT molecular complexity index is 558. The predicted octanol–water partition coefficient (Wildman–Crippen LogP) is 3.26. The molecular formula is C17H22O4.